The maximum absolute atomic E-state index is 10.5. The lowest BCUT2D eigenvalue weighted by molar-refractivity contribution is 0.0826. The van der Waals surface area contributed by atoms with Crippen molar-refractivity contribution in [3.05, 3.63) is 23.2 Å². The van der Waals surface area contributed by atoms with Crippen molar-refractivity contribution in [1.29, 1.82) is 0 Å². The van der Waals surface area contributed by atoms with Crippen molar-refractivity contribution in [2.45, 2.75) is 26.4 Å². The molecule has 0 bridgehead atoms. The van der Waals surface area contributed by atoms with Crippen molar-refractivity contribution >= 4 is 45.1 Å². The van der Waals surface area contributed by atoms with Crippen molar-refractivity contribution in [2.75, 3.05) is 36.9 Å². The summed E-state index contributed by atoms with van der Waals surface area (Å²) in [4.78, 5) is 21.2. The molecule has 9 heteroatoms. The highest BCUT2D eigenvalue weighted by Gasteiger charge is 2.24. The zero-order valence-corrected chi connectivity index (χ0v) is 17.5. The Kier molecular flexibility index (Phi) is 5.20. The Morgan fingerprint density at radius 3 is 2.72 bits per heavy atom. The fourth-order valence-electron chi connectivity index (χ4n) is 3.16. The number of thiophene rings is 1. The van der Waals surface area contributed by atoms with E-state index < -0.39 is 5.60 Å². The molecule has 8 nitrogen and oxygen atoms in total. The Morgan fingerprint density at radius 1 is 1.28 bits per heavy atom. The number of fused-ring (bicyclic) bond motifs is 1. The van der Waals surface area contributed by atoms with Gasteiger partial charge in [0.25, 0.3) is 0 Å². The van der Waals surface area contributed by atoms with Crippen LogP contribution in [0.2, 0.25) is 0 Å². The van der Waals surface area contributed by atoms with E-state index in [9.17, 15) is 5.11 Å². The second kappa shape index (κ2) is 7.66. The second-order valence-corrected chi connectivity index (χ2v) is 8.42. The van der Waals surface area contributed by atoms with E-state index in [0.29, 0.717) is 30.5 Å². The minimum Gasteiger partial charge on any atom is -0.385 e. The van der Waals surface area contributed by atoms with Crippen LogP contribution in [0.4, 0.5) is 17.3 Å². The summed E-state index contributed by atoms with van der Waals surface area (Å²) in [6.07, 6.45) is 3.34. The van der Waals surface area contributed by atoms with Crippen LogP contribution in [0, 0.1) is 0 Å². The minimum absolute atomic E-state index is 0.362. The van der Waals surface area contributed by atoms with Crippen LogP contribution in [0.3, 0.4) is 0 Å². The van der Waals surface area contributed by atoms with Crippen LogP contribution in [0.25, 0.3) is 21.6 Å². The monoisotopic (exact) mass is 412 g/mol. The van der Waals surface area contributed by atoms with E-state index in [2.05, 4.69) is 14.9 Å². The van der Waals surface area contributed by atoms with Gasteiger partial charge in [-0.1, -0.05) is 0 Å². The molecule has 1 fully saturated rings. The largest absolute Gasteiger partial charge is 0.385 e. The van der Waals surface area contributed by atoms with Crippen LogP contribution in [-0.2, 0) is 10.3 Å². The van der Waals surface area contributed by atoms with Crippen LogP contribution >= 0.6 is 11.3 Å². The van der Waals surface area contributed by atoms with E-state index in [0.717, 1.165) is 39.6 Å². The number of aliphatic hydroxyl groups is 1. The molecule has 1 aliphatic heterocycles. The predicted molar refractivity (Wildman–Crippen MR) is 117 cm³/mol. The van der Waals surface area contributed by atoms with Crippen LogP contribution in [-0.4, -0.2) is 52.6 Å². The lowest BCUT2D eigenvalue weighted by atomic mass is 10.1. The molecule has 0 atom stereocenters. The van der Waals surface area contributed by atoms with Gasteiger partial charge < -0.3 is 20.5 Å². The predicted octanol–water partition coefficient (Wildman–Crippen LogP) is 3.12. The number of nitrogens with zero attached hydrogens (tertiary/aromatic N) is 5. The van der Waals surface area contributed by atoms with Gasteiger partial charge in [-0.25, -0.2) is 15.0 Å². The van der Waals surface area contributed by atoms with Crippen LogP contribution in [0.1, 0.15) is 25.6 Å². The lowest BCUT2D eigenvalue weighted by Gasteiger charge is -2.28. The summed E-state index contributed by atoms with van der Waals surface area (Å²) in [5.74, 6) is 1.77. The molecule has 1 saturated heterocycles. The van der Waals surface area contributed by atoms with Gasteiger partial charge in [0, 0.05) is 35.9 Å². The van der Waals surface area contributed by atoms with Gasteiger partial charge in [0.15, 0.2) is 11.6 Å². The maximum atomic E-state index is 10.5. The number of nitrogens with two attached hydrogens (primary N) is 1. The third-order valence-electron chi connectivity index (χ3n) is 4.69. The number of pyridine rings is 1. The van der Waals surface area contributed by atoms with Gasteiger partial charge >= 0.3 is 0 Å². The third kappa shape index (κ3) is 3.93. The number of morpholine rings is 1. The first-order valence-corrected chi connectivity index (χ1v) is 10.3. The molecule has 0 unspecified atom stereocenters. The number of hydrogen-bond acceptors (Lipinski definition) is 9. The molecule has 0 spiro atoms. The fraction of sp³-hybridized carbons (Fsp3) is 0.400. The molecule has 3 N–H and O–H groups in total. The maximum Gasteiger partial charge on any atom is 0.163 e. The van der Waals surface area contributed by atoms with Crippen molar-refractivity contribution in [3.8, 4) is 11.4 Å². The number of ether oxygens (including phenoxy) is 1. The summed E-state index contributed by atoms with van der Waals surface area (Å²) in [5, 5.41) is 10.5. The first kappa shape index (κ1) is 19.7. The van der Waals surface area contributed by atoms with Crippen molar-refractivity contribution in [1.82, 2.24) is 15.0 Å². The van der Waals surface area contributed by atoms with Gasteiger partial charge in [0.05, 0.1) is 29.0 Å². The summed E-state index contributed by atoms with van der Waals surface area (Å²) >= 11 is 1.53. The Morgan fingerprint density at radius 2 is 2.03 bits per heavy atom. The number of nitrogen functional groups attached to an aromatic ring is 1. The number of aromatic nitrogens is 3. The summed E-state index contributed by atoms with van der Waals surface area (Å²) < 4.78 is 6.46. The smallest absolute Gasteiger partial charge is 0.163 e. The molecule has 152 valence electrons. The molecule has 3 aromatic rings. The van der Waals surface area contributed by atoms with Crippen LogP contribution in [0.5, 0.6) is 0 Å². The van der Waals surface area contributed by atoms with E-state index >= 15 is 0 Å². The lowest BCUT2D eigenvalue weighted by Crippen LogP contribution is -2.36. The molecule has 4 heterocycles. The average molecular weight is 413 g/mol. The van der Waals surface area contributed by atoms with Gasteiger partial charge in [-0.3, -0.25) is 4.99 Å². The minimum atomic E-state index is -0.945. The molecule has 0 aromatic carbocycles. The standard InChI is InChI=1S/C20H24N6O2S/c1-4-22-14-9-12(11-23-17(14)21)18-24-13-10-15(20(2,3)27)29-16(13)19(25-18)26-5-7-28-8-6-26/h4,9-11,27H,5-8H2,1-3H3,(H2,21,23)/b22-4+. The van der Waals surface area contributed by atoms with Crippen LogP contribution < -0.4 is 10.6 Å². The Hall–Kier alpha value is -2.62. The average Bonchev–Trinajstić information content (AvgIpc) is 3.14. The van der Waals surface area contributed by atoms with E-state index in [1.54, 1.807) is 26.3 Å². The summed E-state index contributed by atoms with van der Waals surface area (Å²) in [7, 11) is 0. The SMILES string of the molecule is C/C=N/c1cc(-c2nc(N3CCOCC3)c3sc(C(C)(C)O)cc3n2)cnc1N. The first-order chi connectivity index (χ1) is 13.9. The summed E-state index contributed by atoms with van der Waals surface area (Å²) in [5.41, 5.74) is 7.12. The second-order valence-electron chi connectivity index (χ2n) is 7.37. The van der Waals surface area contributed by atoms with Crippen LogP contribution in [0.15, 0.2) is 23.3 Å². The quantitative estimate of drug-likeness (QED) is 0.634. The molecule has 0 radical (unpaired) electrons. The fourth-order valence-corrected chi connectivity index (χ4v) is 4.28. The Bertz CT molecular complexity index is 1070. The van der Waals surface area contributed by atoms with E-state index in [-0.39, 0.29) is 0 Å². The highest BCUT2D eigenvalue weighted by molar-refractivity contribution is 7.19. The van der Waals surface area contributed by atoms with Gasteiger partial charge in [-0.05, 0) is 32.9 Å². The highest BCUT2D eigenvalue weighted by Crippen LogP contribution is 2.38. The van der Waals surface area contributed by atoms with Crippen molar-refractivity contribution in [2.24, 2.45) is 4.99 Å². The molecule has 29 heavy (non-hydrogen) atoms. The Balaban J connectivity index is 1.90. The molecule has 4 rings (SSSR count). The normalized spacial score (nSPS) is 15.5. The first-order valence-electron chi connectivity index (χ1n) is 9.48. The number of anilines is 2. The molecule has 3 aromatic heterocycles. The summed E-state index contributed by atoms with van der Waals surface area (Å²) in [6.45, 7) is 8.21. The molecule has 0 amide bonds. The third-order valence-corrected chi connectivity index (χ3v) is 6.12. The van der Waals surface area contributed by atoms with Gasteiger partial charge in [-0.2, -0.15) is 0 Å². The number of rotatable bonds is 4. The molecular formula is C20H24N6O2S. The highest BCUT2D eigenvalue weighted by atomic mass is 32.1. The van der Waals surface area contributed by atoms with Crippen molar-refractivity contribution in [3.63, 3.8) is 0 Å². The van der Waals surface area contributed by atoms with Crippen molar-refractivity contribution < 1.29 is 9.84 Å². The van der Waals surface area contributed by atoms with E-state index in [1.807, 2.05) is 19.1 Å². The zero-order chi connectivity index (χ0) is 20.6. The molecule has 1 aliphatic rings. The summed E-state index contributed by atoms with van der Waals surface area (Å²) in [6, 6.07) is 3.78. The zero-order valence-electron chi connectivity index (χ0n) is 16.7. The number of aliphatic imine (C=N–C) groups is 1. The van der Waals surface area contributed by atoms with Gasteiger partial charge in [0.1, 0.15) is 11.5 Å². The Labute approximate surface area is 173 Å². The van der Waals surface area contributed by atoms with Gasteiger partial charge in [-0.15, -0.1) is 11.3 Å². The van der Waals surface area contributed by atoms with E-state index in [4.69, 9.17) is 20.4 Å². The van der Waals surface area contributed by atoms with Gasteiger partial charge in [0.2, 0.25) is 0 Å². The van der Waals surface area contributed by atoms with E-state index in [1.165, 1.54) is 11.3 Å². The topological polar surface area (TPSA) is 110 Å². The molecule has 0 aliphatic carbocycles. The molecular weight excluding hydrogens is 388 g/mol. The number of hydrogen-bond donors (Lipinski definition) is 2. The molecule has 0 saturated carbocycles.